The highest BCUT2D eigenvalue weighted by Gasteiger charge is 2.05. The fraction of sp³-hybridized carbons (Fsp3) is 0.667. The van der Waals surface area contributed by atoms with Gasteiger partial charge in [-0.25, -0.2) is 0 Å². The van der Waals surface area contributed by atoms with Crippen LogP contribution < -0.4 is 0 Å². The first-order valence-corrected chi connectivity index (χ1v) is 4.43. The molecule has 1 rings (SSSR count). The number of hydrogen-bond acceptors (Lipinski definition) is 4. The molecular formula is C6H9ClN2OS. The van der Waals surface area contributed by atoms with Crippen LogP contribution >= 0.6 is 23.1 Å². The zero-order valence-corrected chi connectivity index (χ0v) is 7.95. The van der Waals surface area contributed by atoms with E-state index in [0.717, 1.165) is 5.69 Å². The van der Waals surface area contributed by atoms with Crippen LogP contribution in [0.4, 0.5) is 0 Å². The van der Waals surface area contributed by atoms with E-state index in [9.17, 15) is 0 Å². The van der Waals surface area contributed by atoms with Crippen LogP contribution in [0.5, 0.6) is 0 Å². The lowest BCUT2D eigenvalue weighted by Gasteiger charge is -2.03. The molecule has 1 aromatic rings. The van der Waals surface area contributed by atoms with Gasteiger partial charge in [0.05, 0.1) is 12.7 Å². The Bertz CT molecular complexity index is 226. The van der Waals surface area contributed by atoms with Gasteiger partial charge in [0.2, 0.25) is 0 Å². The third-order valence-electron chi connectivity index (χ3n) is 1.06. The second kappa shape index (κ2) is 3.99. The third-order valence-corrected chi connectivity index (χ3v) is 2.05. The van der Waals surface area contributed by atoms with Gasteiger partial charge >= 0.3 is 0 Å². The molecule has 0 atom stereocenters. The molecule has 0 aliphatic rings. The normalized spacial score (nSPS) is 10.9. The molecule has 0 aliphatic carbocycles. The monoisotopic (exact) mass is 192 g/mol. The van der Waals surface area contributed by atoms with E-state index < -0.39 is 0 Å². The molecule has 0 radical (unpaired) electrons. The predicted molar refractivity (Wildman–Crippen MR) is 44.8 cm³/mol. The molecular weight excluding hydrogens is 184 g/mol. The summed E-state index contributed by atoms with van der Waals surface area (Å²) in [5, 5.41) is 3.80. The molecule has 11 heavy (non-hydrogen) atoms. The quantitative estimate of drug-likeness (QED) is 0.736. The summed E-state index contributed by atoms with van der Waals surface area (Å²) in [7, 11) is 0. The summed E-state index contributed by atoms with van der Waals surface area (Å²) in [6.45, 7) is 4.38. The van der Waals surface area contributed by atoms with Crippen LogP contribution in [0, 0.1) is 0 Å². The lowest BCUT2D eigenvalue weighted by Crippen LogP contribution is -2.02. The van der Waals surface area contributed by atoms with Gasteiger partial charge in [0.1, 0.15) is 10.0 Å². The number of halogens is 1. The van der Waals surface area contributed by atoms with Crippen molar-refractivity contribution in [1.82, 2.24) is 9.59 Å². The second-order valence-electron chi connectivity index (χ2n) is 2.35. The fourth-order valence-corrected chi connectivity index (χ4v) is 1.13. The number of rotatable bonds is 3. The van der Waals surface area contributed by atoms with Crippen LogP contribution in [-0.2, 0) is 11.3 Å². The van der Waals surface area contributed by atoms with E-state index in [4.69, 9.17) is 16.3 Å². The predicted octanol–water partition coefficient (Wildman–Crippen LogP) is 2.12. The Hall–Kier alpha value is -0.190. The summed E-state index contributed by atoms with van der Waals surface area (Å²) >= 11 is 6.92. The maximum absolute atomic E-state index is 5.74. The summed E-state index contributed by atoms with van der Waals surface area (Å²) < 4.78 is 9.58. The molecule has 0 spiro atoms. The Labute approximate surface area is 74.5 Å². The van der Waals surface area contributed by atoms with Crippen LogP contribution in [0.1, 0.15) is 19.5 Å². The molecule has 0 unspecified atom stereocenters. The average Bonchev–Trinajstić information content (AvgIpc) is 2.31. The molecule has 0 aromatic carbocycles. The zero-order chi connectivity index (χ0) is 8.27. The number of ether oxygens (including phenoxy) is 1. The molecule has 62 valence electrons. The Kier molecular flexibility index (Phi) is 3.23. The minimum Gasteiger partial charge on any atom is -0.372 e. The first-order chi connectivity index (χ1) is 5.20. The van der Waals surface area contributed by atoms with Gasteiger partial charge in [0.15, 0.2) is 0 Å². The molecule has 3 nitrogen and oxygen atoms in total. The summed E-state index contributed by atoms with van der Waals surface area (Å²) in [5.41, 5.74) is 0.727. The Balaban J connectivity index is 2.44. The van der Waals surface area contributed by atoms with Gasteiger partial charge < -0.3 is 4.74 Å². The van der Waals surface area contributed by atoms with E-state index in [1.807, 2.05) is 13.8 Å². The van der Waals surface area contributed by atoms with E-state index in [1.54, 1.807) is 0 Å². The van der Waals surface area contributed by atoms with Crippen molar-refractivity contribution in [2.24, 2.45) is 0 Å². The third kappa shape index (κ3) is 2.73. The molecule has 0 fully saturated rings. The van der Waals surface area contributed by atoms with E-state index in [1.165, 1.54) is 11.5 Å². The Morgan fingerprint density at radius 3 is 2.82 bits per heavy atom. The first kappa shape index (κ1) is 8.90. The standard InChI is InChI=1S/C6H9ClN2OS/c1-4(2)10-3-5-6(7)11-9-8-5/h4H,3H2,1-2H3. The van der Waals surface area contributed by atoms with Gasteiger partial charge in [0, 0.05) is 11.5 Å². The van der Waals surface area contributed by atoms with Gasteiger partial charge in [-0.1, -0.05) is 16.1 Å². The highest BCUT2D eigenvalue weighted by atomic mass is 35.5. The minimum atomic E-state index is 0.202. The van der Waals surface area contributed by atoms with Crippen LogP contribution in [0.25, 0.3) is 0 Å². The summed E-state index contributed by atoms with van der Waals surface area (Å²) in [6.07, 6.45) is 0.202. The molecule has 0 saturated heterocycles. The molecule has 0 saturated carbocycles. The minimum absolute atomic E-state index is 0.202. The molecule has 0 amide bonds. The SMILES string of the molecule is CC(C)OCc1nnsc1Cl. The average molecular weight is 193 g/mol. The smallest absolute Gasteiger partial charge is 0.139 e. The zero-order valence-electron chi connectivity index (χ0n) is 6.37. The van der Waals surface area contributed by atoms with Gasteiger partial charge in [-0.2, -0.15) is 0 Å². The van der Waals surface area contributed by atoms with E-state index in [2.05, 4.69) is 9.59 Å². The highest BCUT2D eigenvalue weighted by Crippen LogP contribution is 2.17. The molecule has 0 aliphatic heterocycles. The number of hydrogen-bond donors (Lipinski definition) is 0. The largest absolute Gasteiger partial charge is 0.372 e. The summed E-state index contributed by atoms with van der Waals surface area (Å²) in [6, 6.07) is 0. The van der Waals surface area contributed by atoms with Crippen molar-refractivity contribution in [1.29, 1.82) is 0 Å². The Morgan fingerprint density at radius 2 is 2.36 bits per heavy atom. The van der Waals surface area contributed by atoms with Crippen molar-refractivity contribution in [2.45, 2.75) is 26.6 Å². The molecule has 1 aromatic heterocycles. The molecule has 0 bridgehead atoms. The van der Waals surface area contributed by atoms with Crippen molar-refractivity contribution in [2.75, 3.05) is 0 Å². The van der Waals surface area contributed by atoms with E-state index in [0.29, 0.717) is 10.9 Å². The fourth-order valence-electron chi connectivity index (χ4n) is 0.529. The molecule has 1 heterocycles. The Morgan fingerprint density at radius 1 is 1.64 bits per heavy atom. The van der Waals surface area contributed by atoms with Crippen LogP contribution in [0.2, 0.25) is 4.34 Å². The van der Waals surface area contributed by atoms with Crippen LogP contribution in [0.15, 0.2) is 0 Å². The lowest BCUT2D eigenvalue weighted by molar-refractivity contribution is 0.0636. The van der Waals surface area contributed by atoms with Gasteiger partial charge in [0.25, 0.3) is 0 Å². The van der Waals surface area contributed by atoms with Crippen molar-refractivity contribution in [3.63, 3.8) is 0 Å². The van der Waals surface area contributed by atoms with Gasteiger partial charge in [-0.15, -0.1) is 5.10 Å². The molecule has 5 heteroatoms. The van der Waals surface area contributed by atoms with Crippen LogP contribution in [0.3, 0.4) is 0 Å². The van der Waals surface area contributed by atoms with Gasteiger partial charge in [-0.3, -0.25) is 0 Å². The van der Waals surface area contributed by atoms with Crippen molar-refractivity contribution < 1.29 is 4.74 Å². The van der Waals surface area contributed by atoms with Crippen molar-refractivity contribution in [3.05, 3.63) is 10.0 Å². The number of nitrogens with zero attached hydrogens (tertiary/aromatic N) is 2. The highest BCUT2D eigenvalue weighted by molar-refractivity contribution is 7.10. The van der Waals surface area contributed by atoms with Gasteiger partial charge in [-0.05, 0) is 13.8 Å². The summed E-state index contributed by atoms with van der Waals surface area (Å²) in [4.78, 5) is 0. The van der Waals surface area contributed by atoms with Crippen LogP contribution in [-0.4, -0.2) is 15.7 Å². The maximum Gasteiger partial charge on any atom is 0.139 e. The first-order valence-electron chi connectivity index (χ1n) is 3.28. The lowest BCUT2D eigenvalue weighted by atomic mass is 10.4. The number of aromatic nitrogens is 2. The molecule has 0 N–H and O–H groups in total. The van der Waals surface area contributed by atoms with E-state index in [-0.39, 0.29) is 6.10 Å². The summed E-state index contributed by atoms with van der Waals surface area (Å²) in [5.74, 6) is 0. The second-order valence-corrected chi connectivity index (χ2v) is 3.71. The van der Waals surface area contributed by atoms with Crippen molar-refractivity contribution >= 4 is 23.1 Å². The van der Waals surface area contributed by atoms with E-state index >= 15 is 0 Å². The maximum atomic E-state index is 5.74. The topological polar surface area (TPSA) is 35.0 Å². The van der Waals surface area contributed by atoms with Crippen molar-refractivity contribution in [3.8, 4) is 0 Å².